The number of nitrogens with zero attached hydrogens (tertiary/aromatic N) is 4. The van der Waals surface area contributed by atoms with E-state index < -0.39 is 0 Å². The maximum atomic E-state index is 13.2. The van der Waals surface area contributed by atoms with Crippen LogP contribution >= 0.6 is 36.4 Å². The molecule has 1 aliphatic carbocycles. The molecule has 148 valence electrons. The number of piperidine rings is 1. The summed E-state index contributed by atoms with van der Waals surface area (Å²) >= 11 is 5.92. The fourth-order valence-corrected chi connectivity index (χ4v) is 4.01. The van der Waals surface area contributed by atoms with Crippen molar-refractivity contribution < 1.29 is 4.79 Å². The third kappa shape index (κ3) is 4.40. The molecule has 9 heteroatoms. The Bertz CT molecular complexity index is 774. The fraction of sp³-hybridized carbons (Fsp3) is 0.500. The van der Waals surface area contributed by atoms with Gasteiger partial charge in [-0.3, -0.25) is 4.79 Å². The molecule has 1 saturated carbocycles. The Balaban J connectivity index is 0.00000131. The van der Waals surface area contributed by atoms with Crippen molar-refractivity contribution in [1.82, 2.24) is 24.8 Å². The number of pyridine rings is 1. The number of aryl methyl sites for hydroxylation is 1. The molecule has 2 fully saturated rings. The number of amides is 1. The minimum Gasteiger partial charge on any atom is -0.337 e. The molecule has 1 aliphatic heterocycles. The lowest BCUT2D eigenvalue weighted by atomic mass is 9.93. The van der Waals surface area contributed by atoms with Crippen molar-refractivity contribution in [2.75, 3.05) is 13.1 Å². The topological polar surface area (TPSA) is 63.1 Å². The quantitative estimate of drug-likeness (QED) is 0.806. The summed E-state index contributed by atoms with van der Waals surface area (Å²) in [6, 6.07) is 3.68. The van der Waals surface area contributed by atoms with Gasteiger partial charge in [-0.1, -0.05) is 11.6 Å². The molecular weight excluding hydrogens is 409 g/mol. The Labute approximate surface area is 176 Å². The molecule has 1 N–H and O–H groups in total. The van der Waals surface area contributed by atoms with Crippen LogP contribution < -0.4 is 5.32 Å². The van der Waals surface area contributed by atoms with E-state index >= 15 is 0 Å². The van der Waals surface area contributed by atoms with E-state index in [1.54, 1.807) is 18.3 Å². The van der Waals surface area contributed by atoms with E-state index in [9.17, 15) is 4.79 Å². The summed E-state index contributed by atoms with van der Waals surface area (Å²) in [6.07, 6.45) is 8.52. The lowest BCUT2D eigenvalue weighted by Crippen LogP contribution is -2.39. The number of carbonyl (C=O) groups is 1. The van der Waals surface area contributed by atoms with E-state index in [-0.39, 0.29) is 42.2 Å². The van der Waals surface area contributed by atoms with Crippen molar-refractivity contribution in [2.24, 2.45) is 12.5 Å². The van der Waals surface area contributed by atoms with E-state index in [0.717, 1.165) is 38.2 Å². The highest BCUT2D eigenvalue weighted by atomic mass is 35.5. The molecule has 2 aliphatic rings. The lowest BCUT2D eigenvalue weighted by molar-refractivity contribution is 0.0679. The van der Waals surface area contributed by atoms with Crippen molar-refractivity contribution in [2.45, 2.75) is 31.8 Å². The van der Waals surface area contributed by atoms with Gasteiger partial charge in [0.05, 0.1) is 11.6 Å². The Morgan fingerprint density at radius 3 is 2.67 bits per heavy atom. The average molecular weight is 433 g/mol. The summed E-state index contributed by atoms with van der Waals surface area (Å²) in [6.45, 7) is 2.56. The molecule has 0 bridgehead atoms. The van der Waals surface area contributed by atoms with Crippen LogP contribution in [0.5, 0.6) is 0 Å². The van der Waals surface area contributed by atoms with E-state index in [4.69, 9.17) is 11.6 Å². The summed E-state index contributed by atoms with van der Waals surface area (Å²) < 4.78 is 1.97. The first-order chi connectivity index (χ1) is 12.1. The SMILES string of the molecule is Cl.Cl.Cn1ccnc1CN(C(=O)c1ccc(Cl)cn1)C1CC12CCNCC2. The maximum absolute atomic E-state index is 13.2. The van der Waals surface area contributed by atoms with Crippen LogP contribution in [0.3, 0.4) is 0 Å². The molecule has 27 heavy (non-hydrogen) atoms. The molecule has 2 aromatic rings. The third-order valence-corrected chi connectivity index (χ3v) is 5.79. The molecule has 1 saturated heterocycles. The minimum absolute atomic E-state index is 0. The highest BCUT2D eigenvalue weighted by Crippen LogP contribution is 2.56. The molecule has 0 aromatic carbocycles. The molecule has 1 spiro atoms. The van der Waals surface area contributed by atoms with Crippen LogP contribution in [0.15, 0.2) is 30.7 Å². The van der Waals surface area contributed by atoms with Crippen LogP contribution in [-0.2, 0) is 13.6 Å². The fourth-order valence-electron chi connectivity index (χ4n) is 3.90. The van der Waals surface area contributed by atoms with Crippen molar-refractivity contribution >= 4 is 42.3 Å². The molecule has 6 nitrogen and oxygen atoms in total. The van der Waals surface area contributed by atoms with Crippen LogP contribution in [0.25, 0.3) is 0 Å². The monoisotopic (exact) mass is 431 g/mol. The number of hydrogen-bond acceptors (Lipinski definition) is 4. The van der Waals surface area contributed by atoms with Crippen molar-refractivity contribution in [3.63, 3.8) is 0 Å². The number of hydrogen-bond donors (Lipinski definition) is 1. The first-order valence-corrected chi connectivity index (χ1v) is 9.06. The van der Waals surface area contributed by atoms with Gasteiger partial charge in [-0.15, -0.1) is 24.8 Å². The zero-order valence-electron chi connectivity index (χ0n) is 15.1. The second-order valence-electron chi connectivity index (χ2n) is 7.08. The number of nitrogens with one attached hydrogen (secondary N) is 1. The Morgan fingerprint density at radius 1 is 1.33 bits per heavy atom. The van der Waals surface area contributed by atoms with Gasteiger partial charge in [-0.05, 0) is 49.9 Å². The van der Waals surface area contributed by atoms with Crippen LogP contribution in [0.4, 0.5) is 0 Å². The second-order valence-corrected chi connectivity index (χ2v) is 7.52. The Hall–Kier alpha value is -1.34. The van der Waals surface area contributed by atoms with E-state index in [1.165, 1.54) is 6.20 Å². The summed E-state index contributed by atoms with van der Waals surface area (Å²) in [7, 11) is 1.96. The van der Waals surface area contributed by atoms with Gasteiger partial charge in [0, 0.05) is 31.7 Å². The number of rotatable bonds is 4. The van der Waals surface area contributed by atoms with Crippen molar-refractivity contribution in [3.8, 4) is 0 Å². The van der Waals surface area contributed by atoms with E-state index in [1.807, 2.05) is 22.7 Å². The van der Waals surface area contributed by atoms with Gasteiger partial charge in [0.15, 0.2) is 0 Å². The van der Waals surface area contributed by atoms with Gasteiger partial charge in [-0.25, -0.2) is 9.97 Å². The van der Waals surface area contributed by atoms with Crippen LogP contribution in [0.1, 0.15) is 35.6 Å². The molecule has 0 radical (unpaired) electrons. The summed E-state index contributed by atoms with van der Waals surface area (Å²) in [5, 5.41) is 3.95. The maximum Gasteiger partial charge on any atom is 0.273 e. The predicted molar refractivity (Wildman–Crippen MR) is 110 cm³/mol. The van der Waals surface area contributed by atoms with Gasteiger partial charge in [0.25, 0.3) is 5.91 Å². The van der Waals surface area contributed by atoms with Gasteiger partial charge in [0.1, 0.15) is 11.5 Å². The lowest BCUT2D eigenvalue weighted by Gasteiger charge is -2.29. The smallest absolute Gasteiger partial charge is 0.273 e. The number of imidazole rings is 1. The highest BCUT2D eigenvalue weighted by molar-refractivity contribution is 6.30. The molecule has 1 unspecified atom stereocenters. The average Bonchev–Trinajstić information content (AvgIpc) is 3.13. The Kier molecular flexibility index (Phi) is 7.14. The number of aromatic nitrogens is 3. The molecule has 2 aromatic heterocycles. The summed E-state index contributed by atoms with van der Waals surface area (Å²) in [5.74, 6) is 0.846. The zero-order chi connectivity index (χ0) is 17.4. The standard InChI is InChI=1S/C18H22ClN5O.2ClH/c1-23-9-8-21-16(23)12-24(15-10-18(15)4-6-20-7-5-18)17(25)14-3-2-13(19)11-22-14;;/h2-3,8-9,11,15,20H,4-7,10,12H2,1H3;2*1H. The molecule has 1 amide bonds. The highest BCUT2D eigenvalue weighted by Gasteiger charge is 2.58. The Morgan fingerprint density at radius 2 is 2.07 bits per heavy atom. The van der Waals surface area contributed by atoms with Gasteiger partial charge in [-0.2, -0.15) is 0 Å². The van der Waals surface area contributed by atoms with Crippen LogP contribution in [0, 0.1) is 5.41 Å². The van der Waals surface area contributed by atoms with E-state index in [2.05, 4.69) is 15.3 Å². The molecule has 1 atom stereocenters. The molecule has 3 heterocycles. The van der Waals surface area contributed by atoms with Gasteiger partial charge >= 0.3 is 0 Å². The van der Waals surface area contributed by atoms with Crippen LogP contribution in [0.2, 0.25) is 5.02 Å². The molecule has 4 rings (SSSR count). The normalized spacial score (nSPS) is 19.7. The van der Waals surface area contributed by atoms with Crippen LogP contribution in [-0.4, -0.2) is 44.5 Å². The first kappa shape index (κ1) is 22.0. The number of carbonyl (C=O) groups excluding carboxylic acids is 1. The van der Waals surface area contributed by atoms with Gasteiger partial charge in [0.2, 0.25) is 0 Å². The number of halogens is 3. The third-order valence-electron chi connectivity index (χ3n) is 5.56. The summed E-state index contributed by atoms with van der Waals surface area (Å²) in [4.78, 5) is 23.8. The van der Waals surface area contributed by atoms with Crippen molar-refractivity contribution in [3.05, 3.63) is 47.3 Å². The van der Waals surface area contributed by atoms with Gasteiger partial charge < -0.3 is 14.8 Å². The second kappa shape index (κ2) is 8.78. The summed E-state index contributed by atoms with van der Waals surface area (Å²) in [5.41, 5.74) is 0.702. The molecular formula is C18H24Cl3N5O. The van der Waals surface area contributed by atoms with Crippen molar-refractivity contribution in [1.29, 1.82) is 0 Å². The zero-order valence-corrected chi connectivity index (χ0v) is 17.5. The first-order valence-electron chi connectivity index (χ1n) is 8.68. The minimum atomic E-state index is -0.0416. The predicted octanol–water partition coefficient (Wildman–Crippen LogP) is 3.10. The largest absolute Gasteiger partial charge is 0.337 e. The van der Waals surface area contributed by atoms with E-state index in [0.29, 0.717) is 17.3 Å².